The highest BCUT2D eigenvalue weighted by Gasteiger charge is 2.20. The van der Waals surface area contributed by atoms with Crippen molar-refractivity contribution in [3.63, 3.8) is 0 Å². The van der Waals surface area contributed by atoms with Gasteiger partial charge in [0.2, 0.25) is 5.88 Å². The Bertz CT molecular complexity index is 1150. The van der Waals surface area contributed by atoms with Crippen LogP contribution >= 0.6 is 0 Å². The SMILES string of the molecule is Cc1cc(-c2ncc(-c3ccc(F)c(F)c3)c3c(N)c(N)oc23)ccn1. The lowest BCUT2D eigenvalue weighted by Crippen LogP contribution is -1.93. The van der Waals surface area contributed by atoms with E-state index in [1.165, 1.54) is 6.07 Å². The Hall–Kier alpha value is -3.48. The second kappa shape index (κ2) is 5.80. The molecule has 26 heavy (non-hydrogen) atoms. The number of halogens is 2. The number of hydrogen-bond donors (Lipinski definition) is 2. The molecule has 7 heteroatoms. The van der Waals surface area contributed by atoms with Gasteiger partial charge in [-0.15, -0.1) is 0 Å². The summed E-state index contributed by atoms with van der Waals surface area (Å²) in [5.41, 5.74) is 15.6. The number of nitrogens with two attached hydrogens (primary N) is 2. The number of fused-ring (bicyclic) bond motifs is 1. The summed E-state index contributed by atoms with van der Waals surface area (Å²) in [4.78, 5) is 8.62. The van der Waals surface area contributed by atoms with Crippen LogP contribution in [0.1, 0.15) is 5.69 Å². The minimum absolute atomic E-state index is 0.0452. The van der Waals surface area contributed by atoms with Gasteiger partial charge in [0.05, 0.1) is 5.39 Å². The monoisotopic (exact) mass is 352 g/mol. The van der Waals surface area contributed by atoms with E-state index in [-0.39, 0.29) is 11.6 Å². The lowest BCUT2D eigenvalue weighted by atomic mass is 10.0. The predicted molar refractivity (Wildman–Crippen MR) is 96.2 cm³/mol. The molecular formula is C19H14F2N4O. The standard InChI is InChI=1S/C19H14F2N4O/c1-9-6-11(4-5-24-9)17-18-15(16(22)19(23)26-18)12(8-25-17)10-2-3-13(20)14(21)7-10/h2-8H,22-23H2,1H3. The number of benzene rings is 1. The quantitative estimate of drug-likeness (QED) is 0.561. The molecule has 0 aliphatic rings. The van der Waals surface area contributed by atoms with Crippen LogP contribution in [-0.4, -0.2) is 9.97 Å². The van der Waals surface area contributed by atoms with Crippen molar-refractivity contribution in [2.45, 2.75) is 6.92 Å². The average Bonchev–Trinajstić information content (AvgIpc) is 2.92. The molecule has 0 fully saturated rings. The number of aryl methyl sites for hydroxylation is 1. The number of nitrogen functional groups attached to an aromatic ring is 2. The summed E-state index contributed by atoms with van der Waals surface area (Å²) in [5.74, 6) is -1.84. The minimum atomic E-state index is -0.959. The molecule has 0 amide bonds. The fraction of sp³-hybridized carbons (Fsp3) is 0.0526. The van der Waals surface area contributed by atoms with Gasteiger partial charge in [0, 0.05) is 29.2 Å². The van der Waals surface area contributed by atoms with Gasteiger partial charge in [0.25, 0.3) is 0 Å². The second-order valence-electron chi connectivity index (χ2n) is 5.92. The van der Waals surface area contributed by atoms with Crippen molar-refractivity contribution in [1.29, 1.82) is 0 Å². The van der Waals surface area contributed by atoms with Crippen LogP contribution in [0.4, 0.5) is 20.4 Å². The summed E-state index contributed by atoms with van der Waals surface area (Å²) in [6.07, 6.45) is 3.21. The van der Waals surface area contributed by atoms with Gasteiger partial charge in [-0.1, -0.05) is 6.07 Å². The van der Waals surface area contributed by atoms with E-state index in [0.717, 1.165) is 23.4 Å². The van der Waals surface area contributed by atoms with Crippen LogP contribution in [0.2, 0.25) is 0 Å². The first kappa shape index (κ1) is 16.0. The van der Waals surface area contributed by atoms with Gasteiger partial charge in [-0.05, 0) is 36.8 Å². The molecule has 3 aromatic heterocycles. The molecule has 0 saturated heterocycles. The maximum Gasteiger partial charge on any atom is 0.215 e. The van der Waals surface area contributed by atoms with Gasteiger partial charge < -0.3 is 15.9 Å². The number of hydrogen-bond acceptors (Lipinski definition) is 5. The molecule has 0 aliphatic carbocycles. The number of rotatable bonds is 2. The van der Waals surface area contributed by atoms with E-state index in [0.29, 0.717) is 27.8 Å². The fourth-order valence-corrected chi connectivity index (χ4v) is 2.93. The van der Waals surface area contributed by atoms with E-state index in [4.69, 9.17) is 15.9 Å². The molecule has 0 saturated carbocycles. The number of aromatic nitrogens is 2. The van der Waals surface area contributed by atoms with E-state index >= 15 is 0 Å². The second-order valence-corrected chi connectivity index (χ2v) is 5.92. The van der Waals surface area contributed by atoms with Crippen LogP contribution in [0.3, 0.4) is 0 Å². The lowest BCUT2D eigenvalue weighted by Gasteiger charge is -2.08. The predicted octanol–water partition coefficient (Wildman–Crippen LogP) is 4.31. The summed E-state index contributed by atoms with van der Waals surface area (Å²) in [6.45, 7) is 1.86. The molecule has 1 aromatic carbocycles. The Morgan fingerprint density at radius 1 is 0.962 bits per heavy atom. The lowest BCUT2D eigenvalue weighted by molar-refractivity contribution is 0.509. The van der Waals surface area contributed by atoms with E-state index < -0.39 is 11.6 Å². The third-order valence-corrected chi connectivity index (χ3v) is 4.18. The van der Waals surface area contributed by atoms with E-state index in [1.807, 2.05) is 13.0 Å². The van der Waals surface area contributed by atoms with Gasteiger partial charge in [0.15, 0.2) is 17.2 Å². The maximum absolute atomic E-state index is 13.7. The Kier molecular flexibility index (Phi) is 3.57. The topological polar surface area (TPSA) is 91.0 Å². The number of nitrogens with zero attached hydrogens (tertiary/aromatic N) is 2. The molecule has 0 unspecified atom stereocenters. The Labute approximate surface area is 147 Å². The number of pyridine rings is 2. The molecule has 4 N–H and O–H groups in total. The van der Waals surface area contributed by atoms with Gasteiger partial charge in [-0.25, -0.2) is 8.78 Å². The summed E-state index contributed by atoms with van der Waals surface area (Å²) in [6, 6.07) is 7.24. The molecule has 4 rings (SSSR count). The van der Waals surface area contributed by atoms with Crippen LogP contribution in [0.5, 0.6) is 0 Å². The van der Waals surface area contributed by atoms with Crippen molar-refractivity contribution in [2.24, 2.45) is 0 Å². The van der Waals surface area contributed by atoms with Crippen molar-refractivity contribution in [3.05, 3.63) is 60.1 Å². The summed E-state index contributed by atoms with van der Waals surface area (Å²) >= 11 is 0. The number of furan rings is 1. The minimum Gasteiger partial charge on any atom is -0.436 e. The van der Waals surface area contributed by atoms with Crippen LogP contribution in [-0.2, 0) is 0 Å². The van der Waals surface area contributed by atoms with Gasteiger partial charge in [0.1, 0.15) is 11.4 Å². The first-order valence-electron chi connectivity index (χ1n) is 7.80. The summed E-state index contributed by atoms with van der Waals surface area (Å²) in [5, 5.41) is 0.507. The maximum atomic E-state index is 13.7. The summed E-state index contributed by atoms with van der Waals surface area (Å²) < 4.78 is 32.6. The van der Waals surface area contributed by atoms with Gasteiger partial charge in [-0.2, -0.15) is 0 Å². The van der Waals surface area contributed by atoms with Gasteiger partial charge in [-0.3, -0.25) is 9.97 Å². The van der Waals surface area contributed by atoms with Crippen molar-refractivity contribution in [1.82, 2.24) is 9.97 Å². The zero-order valence-corrected chi connectivity index (χ0v) is 13.8. The van der Waals surface area contributed by atoms with Crippen LogP contribution in [0.15, 0.2) is 47.1 Å². The highest BCUT2D eigenvalue weighted by atomic mass is 19.2. The largest absolute Gasteiger partial charge is 0.436 e. The zero-order valence-electron chi connectivity index (χ0n) is 13.8. The Morgan fingerprint density at radius 2 is 1.77 bits per heavy atom. The molecule has 0 atom stereocenters. The fourth-order valence-electron chi connectivity index (χ4n) is 2.93. The highest BCUT2D eigenvalue weighted by Crippen LogP contribution is 2.41. The van der Waals surface area contributed by atoms with Crippen molar-refractivity contribution in [2.75, 3.05) is 11.5 Å². The smallest absolute Gasteiger partial charge is 0.215 e. The third kappa shape index (κ3) is 2.45. The first-order chi connectivity index (χ1) is 12.5. The van der Waals surface area contributed by atoms with E-state index in [9.17, 15) is 8.78 Å². The Balaban J connectivity index is 2.03. The van der Waals surface area contributed by atoms with Crippen molar-refractivity contribution < 1.29 is 13.2 Å². The van der Waals surface area contributed by atoms with Crippen LogP contribution in [0, 0.1) is 18.6 Å². The molecule has 0 aliphatic heterocycles. The van der Waals surface area contributed by atoms with E-state index in [1.54, 1.807) is 18.5 Å². The molecule has 4 aromatic rings. The molecule has 130 valence electrons. The third-order valence-electron chi connectivity index (χ3n) is 4.18. The summed E-state index contributed by atoms with van der Waals surface area (Å²) in [7, 11) is 0. The molecule has 0 bridgehead atoms. The normalized spacial score (nSPS) is 11.2. The molecule has 5 nitrogen and oxygen atoms in total. The van der Waals surface area contributed by atoms with Crippen molar-refractivity contribution in [3.8, 4) is 22.4 Å². The van der Waals surface area contributed by atoms with Crippen LogP contribution < -0.4 is 11.5 Å². The van der Waals surface area contributed by atoms with Crippen LogP contribution in [0.25, 0.3) is 33.4 Å². The molecule has 0 radical (unpaired) electrons. The Morgan fingerprint density at radius 3 is 2.50 bits per heavy atom. The van der Waals surface area contributed by atoms with Crippen molar-refractivity contribution >= 4 is 22.5 Å². The molecule has 3 heterocycles. The number of anilines is 2. The van der Waals surface area contributed by atoms with E-state index in [2.05, 4.69) is 9.97 Å². The van der Waals surface area contributed by atoms with Gasteiger partial charge >= 0.3 is 0 Å². The molecule has 0 spiro atoms. The first-order valence-corrected chi connectivity index (χ1v) is 7.80. The zero-order chi connectivity index (χ0) is 18.4. The highest BCUT2D eigenvalue weighted by molar-refractivity contribution is 6.09. The average molecular weight is 352 g/mol. The molecular weight excluding hydrogens is 338 g/mol.